The van der Waals surface area contributed by atoms with Crippen LogP contribution >= 0.6 is 0 Å². The Morgan fingerprint density at radius 3 is 2.65 bits per heavy atom. The van der Waals surface area contributed by atoms with E-state index in [1.165, 1.54) is 7.11 Å². The minimum atomic E-state index is -0.491. The molecular weight excluding hydrogens is 334 g/mol. The van der Waals surface area contributed by atoms with Gasteiger partial charge in [-0.25, -0.2) is 4.79 Å². The van der Waals surface area contributed by atoms with Crippen LogP contribution in [0.5, 0.6) is 5.75 Å². The Morgan fingerprint density at radius 1 is 1.23 bits per heavy atom. The molecule has 0 spiro atoms. The van der Waals surface area contributed by atoms with Gasteiger partial charge in [0.25, 0.3) is 0 Å². The zero-order chi connectivity index (χ0) is 18.7. The molecule has 0 amide bonds. The first-order chi connectivity index (χ1) is 12.5. The third kappa shape index (κ3) is 3.51. The molecule has 1 aliphatic heterocycles. The molecule has 1 aromatic rings. The van der Waals surface area contributed by atoms with Gasteiger partial charge in [0.05, 0.1) is 12.2 Å². The Hall–Kier alpha value is -2.60. The lowest BCUT2D eigenvalue weighted by Gasteiger charge is -2.34. The standard InChI is InChI=1S/C20H23NO5/c1-12-17(20(24)26-11-10-25-2)18(13-6-8-14(22)9-7-13)19-15(21-12)4-3-5-16(19)23/h6-9,18,21-22H,3-5,10-11H2,1-2H3. The number of dihydropyridines is 1. The molecule has 1 heterocycles. The van der Waals surface area contributed by atoms with Gasteiger partial charge < -0.3 is 19.9 Å². The Balaban J connectivity index is 2.04. The first-order valence-corrected chi connectivity index (χ1v) is 8.72. The summed E-state index contributed by atoms with van der Waals surface area (Å²) in [6.45, 7) is 2.28. The summed E-state index contributed by atoms with van der Waals surface area (Å²) in [4.78, 5) is 25.4. The molecule has 26 heavy (non-hydrogen) atoms. The summed E-state index contributed by atoms with van der Waals surface area (Å²) in [5.74, 6) is -0.770. The fraction of sp³-hybridized carbons (Fsp3) is 0.400. The zero-order valence-corrected chi connectivity index (χ0v) is 15.0. The van der Waals surface area contributed by atoms with Crippen LogP contribution in [-0.4, -0.2) is 37.2 Å². The average Bonchev–Trinajstić information content (AvgIpc) is 2.61. The third-order valence-corrected chi connectivity index (χ3v) is 4.74. The summed E-state index contributed by atoms with van der Waals surface area (Å²) in [7, 11) is 1.54. The van der Waals surface area contributed by atoms with Gasteiger partial charge in [-0.15, -0.1) is 0 Å². The Kier molecular flexibility index (Phi) is 5.42. The molecule has 138 valence electrons. The first-order valence-electron chi connectivity index (χ1n) is 8.72. The summed E-state index contributed by atoms with van der Waals surface area (Å²) < 4.78 is 10.3. The molecule has 0 aromatic heterocycles. The van der Waals surface area contributed by atoms with E-state index in [0.29, 0.717) is 29.9 Å². The van der Waals surface area contributed by atoms with Crippen molar-refractivity contribution in [2.45, 2.75) is 32.1 Å². The SMILES string of the molecule is COCCOC(=O)C1=C(C)NC2=C(C(=O)CCC2)C1c1ccc(O)cc1. The Morgan fingerprint density at radius 2 is 1.96 bits per heavy atom. The largest absolute Gasteiger partial charge is 0.508 e. The molecule has 1 unspecified atom stereocenters. The molecule has 1 atom stereocenters. The van der Waals surface area contributed by atoms with Crippen LogP contribution in [0, 0.1) is 0 Å². The van der Waals surface area contributed by atoms with Crippen LogP contribution in [0.4, 0.5) is 0 Å². The van der Waals surface area contributed by atoms with E-state index in [-0.39, 0.29) is 18.1 Å². The molecule has 2 aliphatic rings. The monoisotopic (exact) mass is 357 g/mol. The number of methoxy groups -OCH3 is 1. The molecule has 0 saturated carbocycles. The molecule has 1 aromatic carbocycles. The number of carbonyl (C=O) groups is 2. The second-order valence-electron chi connectivity index (χ2n) is 6.49. The molecule has 0 saturated heterocycles. The maximum absolute atomic E-state index is 12.8. The summed E-state index contributed by atoms with van der Waals surface area (Å²) in [5.41, 5.74) is 3.42. The van der Waals surface area contributed by atoms with Crippen LogP contribution in [-0.2, 0) is 19.1 Å². The highest BCUT2D eigenvalue weighted by Crippen LogP contribution is 2.42. The van der Waals surface area contributed by atoms with Crippen molar-refractivity contribution in [3.8, 4) is 5.75 Å². The number of hydrogen-bond acceptors (Lipinski definition) is 6. The summed E-state index contributed by atoms with van der Waals surface area (Å²) in [6.07, 6.45) is 2.05. The van der Waals surface area contributed by atoms with Crippen LogP contribution in [0.25, 0.3) is 0 Å². The number of rotatable bonds is 5. The van der Waals surface area contributed by atoms with E-state index in [2.05, 4.69) is 5.32 Å². The zero-order valence-electron chi connectivity index (χ0n) is 15.0. The highest BCUT2D eigenvalue weighted by molar-refractivity contribution is 6.03. The number of nitrogens with one attached hydrogen (secondary N) is 1. The number of ketones is 1. The van der Waals surface area contributed by atoms with Gasteiger partial charge in [0, 0.05) is 36.4 Å². The first kappa shape index (κ1) is 18.2. The number of phenolic OH excluding ortho intramolecular Hbond substituents is 1. The maximum Gasteiger partial charge on any atom is 0.336 e. The molecule has 6 nitrogen and oxygen atoms in total. The number of carbonyl (C=O) groups excluding carboxylic acids is 2. The van der Waals surface area contributed by atoms with Crippen LogP contribution in [0.1, 0.15) is 37.7 Å². The van der Waals surface area contributed by atoms with Gasteiger partial charge in [-0.05, 0) is 37.5 Å². The van der Waals surface area contributed by atoms with Crippen molar-refractivity contribution in [3.63, 3.8) is 0 Å². The number of esters is 1. The highest BCUT2D eigenvalue weighted by Gasteiger charge is 2.39. The van der Waals surface area contributed by atoms with Gasteiger partial charge in [-0.2, -0.15) is 0 Å². The number of Topliss-reactive ketones (excluding diaryl/α,β-unsaturated/α-hetero) is 1. The van der Waals surface area contributed by atoms with Gasteiger partial charge in [-0.1, -0.05) is 12.1 Å². The number of aromatic hydroxyl groups is 1. The van der Waals surface area contributed by atoms with Gasteiger partial charge >= 0.3 is 5.97 Å². The average molecular weight is 357 g/mol. The predicted octanol–water partition coefficient (Wildman–Crippen LogP) is 2.55. The third-order valence-electron chi connectivity index (χ3n) is 4.74. The van der Waals surface area contributed by atoms with E-state index in [4.69, 9.17) is 9.47 Å². The minimum absolute atomic E-state index is 0.0477. The van der Waals surface area contributed by atoms with Crippen molar-refractivity contribution < 1.29 is 24.2 Å². The number of phenols is 1. The molecule has 6 heteroatoms. The Labute approximate surface area is 152 Å². The fourth-order valence-electron chi connectivity index (χ4n) is 3.55. The molecule has 3 rings (SSSR count). The quantitative estimate of drug-likeness (QED) is 0.622. The van der Waals surface area contributed by atoms with E-state index in [0.717, 1.165) is 24.1 Å². The second kappa shape index (κ2) is 7.74. The number of ether oxygens (including phenoxy) is 2. The molecular formula is C20H23NO5. The molecule has 0 fully saturated rings. The van der Waals surface area contributed by atoms with Crippen molar-refractivity contribution in [1.82, 2.24) is 5.32 Å². The number of benzene rings is 1. The van der Waals surface area contributed by atoms with E-state index < -0.39 is 11.9 Å². The van der Waals surface area contributed by atoms with Crippen molar-refractivity contribution in [1.29, 1.82) is 0 Å². The highest BCUT2D eigenvalue weighted by atomic mass is 16.6. The minimum Gasteiger partial charge on any atom is -0.508 e. The van der Waals surface area contributed by atoms with Gasteiger partial charge in [0.2, 0.25) is 0 Å². The molecule has 0 radical (unpaired) electrons. The van der Waals surface area contributed by atoms with Gasteiger partial charge in [0.15, 0.2) is 5.78 Å². The fourth-order valence-corrected chi connectivity index (χ4v) is 3.55. The van der Waals surface area contributed by atoms with E-state index in [9.17, 15) is 14.7 Å². The summed E-state index contributed by atoms with van der Waals surface area (Å²) in [6, 6.07) is 6.61. The lowest BCUT2D eigenvalue weighted by Crippen LogP contribution is -2.34. The molecule has 1 aliphatic carbocycles. The second-order valence-corrected chi connectivity index (χ2v) is 6.49. The topological polar surface area (TPSA) is 84.9 Å². The smallest absolute Gasteiger partial charge is 0.336 e. The predicted molar refractivity (Wildman–Crippen MR) is 95.4 cm³/mol. The van der Waals surface area contributed by atoms with Crippen molar-refractivity contribution >= 4 is 11.8 Å². The molecule has 0 bridgehead atoms. The summed E-state index contributed by atoms with van der Waals surface area (Å²) in [5, 5.41) is 12.8. The Bertz CT molecular complexity index is 776. The van der Waals surface area contributed by atoms with Crippen molar-refractivity contribution in [3.05, 3.63) is 52.4 Å². The molecule has 2 N–H and O–H groups in total. The maximum atomic E-state index is 12.8. The normalized spacial score (nSPS) is 19.9. The van der Waals surface area contributed by atoms with Crippen LogP contribution < -0.4 is 5.32 Å². The van der Waals surface area contributed by atoms with Crippen LogP contribution in [0.2, 0.25) is 0 Å². The van der Waals surface area contributed by atoms with Gasteiger partial charge in [-0.3, -0.25) is 4.79 Å². The van der Waals surface area contributed by atoms with E-state index in [1.54, 1.807) is 24.3 Å². The van der Waals surface area contributed by atoms with Crippen LogP contribution in [0.15, 0.2) is 46.8 Å². The van der Waals surface area contributed by atoms with Crippen LogP contribution in [0.3, 0.4) is 0 Å². The lowest BCUT2D eigenvalue weighted by atomic mass is 9.75. The van der Waals surface area contributed by atoms with E-state index >= 15 is 0 Å². The van der Waals surface area contributed by atoms with E-state index in [1.807, 2.05) is 6.92 Å². The lowest BCUT2D eigenvalue weighted by molar-refractivity contribution is -0.140. The van der Waals surface area contributed by atoms with Crippen molar-refractivity contribution in [2.75, 3.05) is 20.3 Å². The van der Waals surface area contributed by atoms with Gasteiger partial charge in [0.1, 0.15) is 12.4 Å². The number of allylic oxidation sites excluding steroid dienone is 3. The number of hydrogen-bond donors (Lipinski definition) is 2. The summed E-state index contributed by atoms with van der Waals surface area (Å²) >= 11 is 0. The van der Waals surface area contributed by atoms with Crippen molar-refractivity contribution in [2.24, 2.45) is 0 Å².